The van der Waals surface area contributed by atoms with Crippen LogP contribution >= 0.6 is 0 Å². The van der Waals surface area contributed by atoms with E-state index in [1.165, 1.54) is 17.4 Å². The van der Waals surface area contributed by atoms with E-state index in [9.17, 15) is 18.8 Å². The molecule has 3 amide bonds. The van der Waals surface area contributed by atoms with Crippen molar-refractivity contribution in [2.24, 2.45) is 11.8 Å². The number of halogens is 1. The molecule has 0 saturated carbocycles. The number of likely N-dealkylation sites (tertiary alicyclic amines) is 2. The number of rotatable bonds is 6. The zero-order chi connectivity index (χ0) is 26.7. The van der Waals surface area contributed by atoms with Gasteiger partial charge in [0.25, 0.3) is 0 Å². The minimum atomic E-state index is -1.26. The first kappa shape index (κ1) is 26.8. The first-order chi connectivity index (χ1) is 17.7. The fourth-order valence-electron chi connectivity index (χ4n) is 5.48. The minimum absolute atomic E-state index is 0.0249. The van der Waals surface area contributed by atoms with Crippen LogP contribution in [0.4, 0.5) is 4.39 Å². The monoisotopic (exact) mass is 507 g/mol. The van der Waals surface area contributed by atoms with Crippen LogP contribution in [0.2, 0.25) is 0 Å². The number of benzene rings is 2. The molecule has 37 heavy (non-hydrogen) atoms. The molecule has 0 aliphatic carbocycles. The Labute approximate surface area is 219 Å². The number of alkyl halides is 1. The van der Waals surface area contributed by atoms with Gasteiger partial charge in [-0.1, -0.05) is 75.4 Å². The number of nitrogens with zero attached hydrogens (tertiary/aromatic N) is 2. The van der Waals surface area contributed by atoms with Crippen molar-refractivity contribution in [2.75, 3.05) is 19.6 Å². The molecule has 4 rings (SSSR count). The summed E-state index contributed by atoms with van der Waals surface area (Å²) in [6.07, 6.45) is -0.575. The van der Waals surface area contributed by atoms with Gasteiger partial charge in [-0.15, -0.1) is 0 Å². The standard InChI is InChI=1S/C30H38FN3O3/c1-19(2)22-10-12-24(13-11-22)28(23-8-6-5-7-9-23)32-29(36)27-16-25(31)17-34(27)30(37)26-18-33(21(4)35)15-14-20(26)3/h5-13,19-20,25-28H,14-18H2,1-4H3,(H,32,36)/t20-,25-,26-,27+,28+/m1/s1. The van der Waals surface area contributed by atoms with Gasteiger partial charge in [-0.3, -0.25) is 14.4 Å². The van der Waals surface area contributed by atoms with Crippen LogP contribution in [-0.4, -0.2) is 59.4 Å². The summed E-state index contributed by atoms with van der Waals surface area (Å²) < 4.78 is 14.7. The van der Waals surface area contributed by atoms with E-state index < -0.39 is 24.2 Å². The molecule has 2 saturated heterocycles. The molecule has 2 fully saturated rings. The Morgan fingerprint density at radius 3 is 2.19 bits per heavy atom. The van der Waals surface area contributed by atoms with Gasteiger partial charge in [0.2, 0.25) is 17.7 Å². The molecule has 2 heterocycles. The average molecular weight is 508 g/mol. The Balaban J connectivity index is 1.56. The zero-order valence-corrected chi connectivity index (χ0v) is 22.2. The predicted molar refractivity (Wildman–Crippen MR) is 141 cm³/mol. The number of hydrogen-bond donors (Lipinski definition) is 1. The van der Waals surface area contributed by atoms with Gasteiger partial charge in [0.05, 0.1) is 18.5 Å². The molecule has 5 atom stereocenters. The average Bonchev–Trinajstić information content (AvgIpc) is 3.29. The molecule has 198 valence electrons. The van der Waals surface area contributed by atoms with Gasteiger partial charge in [0.1, 0.15) is 12.2 Å². The van der Waals surface area contributed by atoms with Crippen LogP contribution in [-0.2, 0) is 14.4 Å². The molecule has 2 aliphatic rings. The molecule has 6 nitrogen and oxygen atoms in total. The highest BCUT2D eigenvalue weighted by atomic mass is 19.1. The van der Waals surface area contributed by atoms with Crippen molar-refractivity contribution >= 4 is 17.7 Å². The van der Waals surface area contributed by atoms with Crippen LogP contribution in [0.3, 0.4) is 0 Å². The zero-order valence-electron chi connectivity index (χ0n) is 22.2. The summed E-state index contributed by atoms with van der Waals surface area (Å²) in [6, 6.07) is 16.5. The first-order valence-corrected chi connectivity index (χ1v) is 13.3. The number of carbonyl (C=O) groups excluding carboxylic acids is 3. The third kappa shape index (κ3) is 6.03. The summed E-state index contributed by atoms with van der Waals surface area (Å²) >= 11 is 0. The van der Waals surface area contributed by atoms with Crippen LogP contribution in [0.5, 0.6) is 0 Å². The van der Waals surface area contributed by atoms with E-state index in [0.29, 0.717) is 25.4 Å². The number of amides is 3. The summed E-state index contributed by atoms with van der Waals surface area (Å²) in [7, 11) is 0. The number of piperidine rings is 1. The molecule has 2 aromatic carbocycles. The summed E-state index contributed by atoms with van der Waals surface area (Å²) in [6.45, 7) is 8.58. The second kappa shape index (κ2) is 11.4. The van der Waals surface area contributed by atoms with Crippen molar-refractivity contribution < 1.29 is 18.8 Å². The van der Waals surface area contributed by atoms with Gasteiger partial charge in [0.15, 0.2) is 0 Å². The Hall–Kier alpha value is -3.22. The molecule has 0 spiro atoms. The summed E-state index contributed by atoms with van der Waals surface area (Å²) in [4.78, 5) is 42.3. The fourth-order valence-corrected chi connectivity index (χ4v) is 5.48. The van der Waals surface area contributed by atoms with E-state index in [4.69, 9.17) is 0 Å². The molecular weight excluding hydrogens is 469 g/mol. The highest BCUT2D eigenvalue weighted by molar-refractivity contribution is 5.90. The van der Waals surface area contributed by atoms with Crippen molar-refractivity contribution in [3.8, 4) is 0 Å². The topological polar surface area (TPSA) is 69.7 Å². The van der Waals surface area contributed by atoms with Crippen LogP contribution in [0, 0.1) is 11.8 Å². The maximum Gasteiger partial charge on any atom is 0.243 e. The van der Waals surface area contributed by atoms with Crippen molar-refractivity contribution in [2.45, 2.75) is 64.7 Å². The van der Waals surface area contributed by atoms with Crippen LogP contribution < -0.4 is 5.32 Å². The van der Waals surface area contributed by atoms with Crippen molar-refractivity contribution in [3.63, 3.8) is 0 Å². The number of carbonyl (C=O) groups is 3. The van der Waals surface area contributed by atoms with Crippen LogP contribution in [0.25, 0.3) is 0 Å². The van der Waals surface area contributed by atoms with Crippen molar-refractivity contribution in [3.05, 3.63) is 71.3 Å². The summed E-state index contributed by atoms with van der Waals surface area (Å²) in [5.41, 5.74) is 3.05. The van der Waals surface area contributed by atoms with Gasteiger partial charge in [-0.25, -0.2) is 4.39 Å². The molecule has 0 unspecified atom stereocenters. The van der Waals surface area contributed by atoms with Crippen molar-refractivity contribution in [1.29, 1.82) is 0 Å². The molecule has 2 aromatic rings. The van der Waals surface area contributed by atoms with Crippen LogP contribution in [0.15, 0.2) is 54.6 Å². The lowest BCUT2D eigenvalue weighted by Gasteiger charge is -2.38. The SMILES string of the molecule is CC(=O)N1CC[C@@H](C)[C@H](C(=O)N2C[C@H](F)C[C@H]2C(=O)N[C@@H](c2ccccc2)c2ccc(C(C)C)cc2)C1. The Morgan fingerprint density at radius 2 is 1.57 bits per heavy atom. The fraction of sp³-hybridized carbons (Fsp3) is 0.500. The van der Waals surface area contributed by atoms with Gasteiger partial charge in [0, 0.05) is 26.4 Å². The van der Waals surface area contributed by atoms with Gasteiger partial charge >= 0.3 is 0 Å². The summed E-state index contributed by atoms with van der Waals surface area (Å²) in [5.74, 6) is -0.662. The normalized spacial score (nSPS) is 24.7. The molecule has 0 radical (unpaired) electrons. The lowest BCUT2D eigenvalue weighted by molar-refractivity contribution is -0.146. The van der Waals surface area contributed by atoms with Crippen molar-refractivity contribution in [1.82, 2.24) is 15.1 Å². The lowest BCUT2D eigenvalue weighted by Crippen LogP contribution is -2.53. The maximum atomic E-state index is 14.7. The van der Waals surface area contributed by atoms with E-state index in [1.807, 2.05) is 49.4 Å². The Bertz CT molecular complexity index is 1100. The van der Waals surface area contributed by atoms with Gasteiger partial charge in [-0.2, -0.15) is 0 Å². The summed E-state index contributed by atoms with van der Waals surface area (Å²) in [5, 5.41) is 3.12. The Morgan fingerprint density at radius 1 is 0.946 bits per heavy atom. The highest BCUT2D eigenvalue weighted by Gasteiger charge is 2.44. The lowest BCUT2D eigenvalue weighted by atomic mass is 9.85. The van der Waals surface area contributed by atoms with Gasteiger partial charge in [-0.05, 0) is 34.9 Å². The van der Waals surface area contributed by atoms with Crippen LogP contribution in [0.1, 0.15) is 69.2 Å². The second-order valence-electron chi connectivity index (χ2n) is 10.9. The van der Waals surface area contributed by atoms with E-state index in [1.54, 1.807) is 4.90 Å². The smallest absolute Gasteiger partial charge is 0.243 e. The molecule has 0 bridgehead atoms. The van der Waals surface area contributed by atoms with E-state index in [2.05, 4.69) is 31.3 Å². The predicted octanol–water partition coefficient (Wildman–Crippen LogP) is 4.46. The van der Waals surface area contributed by atoms with Gasteiger partial charge < -0.3 is 15.1 Å². The highest BCUT2D eigenvalue weighted by Crippen LogP contribution is 2.31. The molecule has 2 aliphatic heterocycles. The number of nitrogens with one attached hydrogen (secondary N) is 1. The quantitative estimate of drug-likeness (QED) is 0.628. The Kier molecular flexibility index (Phi) is 8.30. The third-order valence-electron chi connectivity index (χ3n) is 7.91. The molecular formula is C30H38FN3O3. The third-order valence-corrected chi connectivity index (χ3v) is 7.91. The number of hydrogen-bond acceptors (Lipinski definition) is 3. The molecule has 1 N–H and O–H groups in total. The molecule has 7 heteroatoms. The molecule has 0 aromatic heterocycles. The maximum absolute atomic E-state index is 14.7. The van der Waals surface area contributed by atoms with E-state index in [-0.39, 0.29) is 36.6 Å². The minimum Gasteiger partial charge on any atom is -0.343 e. The van der Waals surface area contributed by atoms with E-state index in [0.717, 1.165) is 11.1 Å². The van der Waals surface area contributed by atoms with E-state index >= 15 is 0 Å². The largest absolute Gasteiger partial charge is 0.343 e. The first-order valence-electron chi connectivity index (χ1n) is 13.3. The second-order valence-corrected chi connectivity index (χ2v) is 10.9.